The molecule has 0 saturated carbocycles. The van der Waals surface area contributed by atoms with Crippen molar-refractivity contribution >= 4 is 51.8 Å². The van der Waals surface area contributed by atoms with E-state index in [1.165, 1.54) is 14.2 Å². The van der Waals surface area contributed by atoms with E-state index in [0.29, 0.717) is 46.6 Å². The summed E-state index contributed by atoms with van der Waals surface area (Å²) in [7, 11) is 6.70. The smallest absolute Gasteiger partial charge is 0.273 e. The number of amides is 1. The molecule has 3 rings (SSSR count). The van der Waals surface area contributed by atoms with Crippen molar-refractivity contribution in [1.82, 2.24) is 15.2 Å². The van der Waals surface area contributed by atoms with E-state index in [1.54, 1.807) is 23.1 Å². The van der Waals surface area contributed by atoms with Crippen molar-refractivity contribution in [2.24, 2.45) is 0 Å². The van der Waals surface area contributed by atoms with Crippen molar-refractivity contribution < 1.29 is 19.1 Å². The lowest BCUT2D eigenvalue weighted by Crippen LogP contribution is -2.30. The first-order valence-electron chi connectivity index (χ1n) is 10.0. The lowest BCUT2D eigenvalue weighted by molar-refractivity contribution is 0.0949. The Morgan fingerprint density at radius 2 is 2.00 bits per heavy atom. The molecule has 1 amide bonds. The number of ketones is 1. The number of carbonyl (C=O) groups is 2. The third-order valence-corrected chi connectivity index (χ3v) is 5.36. The highest BCUT2D eigenvalue weighted by molar-refractivity contribution is 8.93. The number of ether oxygens (including phenoxy) is 2. The molecule has 0 radical (unpaired) electrons. The minimum Gasteiger partial charge on any atom is -0.493 e. The molecule has 0 spiro atoms. The number of nitrogens with one attached hydrogen (secondary N) is 2. The van der Waals surface area contributed by atoms with E-state index >= 15 is 0 Å². The maximum atomic E-state index is 13.0. The predicted molar refractivity (Wildman–Crippen MR) is 133 cm³/mol. The summed E-state index contributed by atoms with van der Waals surface area (Å²) < 4.78 is 10.9. The van der Waals surface area contributed by atoms with Crippen LogP contribution >= 0.6 is 28.6 Å². The van der Waals surface area contributed by atoms with Crippen LogP contribution in [0.15, 0.2) is 18.2 Å². The Morgan fingerprint density at radius 3 is 2.58 bits per heavy atom. The van der Waals surface area contributed by atoms with Gasteiger partial charge in [-0.15, -0.1) is 17.0 Å². The Hall–Kier alpha value is -2.85. The van der Waals surface area contributed by atoms with Gasteiger partial charge in [0.05, 0.1) is 31.0 Å². The van der Waals surface area contributed by atoms with Gasteiger partial charge in [0.2, 0.25) is 0 Å². The second-order valence-corrected chi connectivity index (χ2v) is 7.79. The molecule has 1 aliphatic rings. The minimum absolute atomic E-state index is 0. The van der Waals surface area contributed by atoms with Gasteiger partial charge in [0.1, 0.15) is 11.5 Å². The Kier molecular flexibility index (Phi) is 8.68. The van der Waals surface area contributed by atoms with Crippen molar-refractivity contribution in [3.8, 4) is 11.5 Å². The van der Waals surface area contributed by atoms with E-state index in [4.69, 9.17) is 26.5 Å². The molecule has 1 aromatic heterocycles. The standard InChI is InChI=1S/C22H26ClN5O4.BrH/c1-6-32-17-9-13-10-28(21(24)18(13)26-19(17)22(30)25-2)11-16(29)12-7-14(23)20(31-5)15(8-12)27(3)4;/h7-9,24H,6,10-11H2,1-5H3,(H,25,30);1H. The van der Waals surface area contributed by atoms with Crippen LogP contribution < -0.4 is 19.7 Å². The number of anilines is 1. The van der Waals surface area contributed by atoms with Gasteiger partial charge in [0.25, 0.3) is 5.91 Å². The fourth-order valence-electron chi connectivity index (χ4n) is 3.51. The van der Waals surface area contributed by atoms with E-state index in [-0.39, 0.29) is 40.8 Å². The summed E-state index contributed by atoms with van der Waals surface area (Å²) in [6.07, 6.45) is 0. The third kappa shape index (κ3) is 5.22. The van der Waals surface area contributed by atoms with Crippen LogP contribution in [0.4, 0.5) is 5.69 Å². The van der Waals surface area contributed by atoms with E-state index < -0.39 is 5.91 Å². The quantitative estimate of drug-likeness (QED) is 0.495. The summed E-state index contributed by atoms with van der Waals surface area (Å²) in [6, 6.07) is 5.00. The Bertz CT molecular complexity index is 1090. The van der Waals surface area contributed by atoms with Crippen LogP contribution in [0.25, 0.3) is 0 Å². The topological polar surface area (TPSA) is 108 Å². The van der Waals surface area contributed by atoms with Gasteiger partial charge in [-0.05, 0) is 25.1 Å². The van der Waals surface area contributed by atoms with Gasteiger partial charge < -0.3 is 24.6 Å². The van der Waals surface area contributed by atoms with Gasteiger partial charge in [-0.2, -0.15) is 0 Å². The maximum absolute atomic E-state index is 13.0. The summed E-state index contributed by atoms with van der Waals surface area (Å²) in [5.74, 6) is 0.316. The monoisotopic (exact) mass is 539 g/mol. The van der Waals surface area contributed by atoms with E-state index in [0.717, 1.165) is 5.56 Å². The predicted octanol–water partition coefficient (Wildman–Crippen LogP) is 3.17. The van der Waals surface area contributed by atoms with Crippen molar-refractivity contribution in [1.29, 1.82) is 5.41 Å². The van der Waals surface area contributed by atoms with Crippen LogP contribution in [-0.4, -0.2) is 68.8 Å². The van der Waals surface area contributed by atoms with Gasteiger partial charge in [-0.25, -0.2) is 4.98 Å². The minimum atomic E-state index is -0.400. The van der Waals surface area contributed by atoms with E-state index in [2.05, 4.69) is 10.3 Å². The Labute approximate surface area is 208 Å². The molecule has 0 aliphatic carbocycles. The number of hydrogen-bond acceptors (Lipinski definition) is 7. The number of methoxy groups -OCH3 is 1. The molecule has 0 fully saturated rings. The van der Waals surface area contributed by atoms with Crippen LogP contribution in [-0.2, 0) is 6.54 Å². The average Bonchev–Trinajstić information content (AvgIpc) is 3.06. The molecule has 0 saturated heterocycles. The number of fused-ring (bicyclic) bond motifs is 1. The SMILES string of the molecule is Br.CCOc1cc2c(nc1C(=O)NC)C(=N)N(CC(=O)c1cc(Cl)c(OC)c(N(C)C)c1)C2. The van der Waals surface area contributed by atoms with Gasteiger partial charge in [0.15, 0.2) is 23.0 Å². The van der Waals surface area contributed by atoms with Crippen LogP contribution in [0.1, 0.15) is 39.0 Å². The molecule has 0 bridgehead atoms. The third-order valence-electron chi connectivity index (χ3n) is 5.08. The molecule has 1 aliphatic heterocycles. The van der Waals surface area contributed by atoms with Crippen molar-refractivity contribution in [2.45, 2.75) is 13.5 Å². The fraction of sp³-hybridized carbons (Fsp3) is 0.364. The number of hydrogen-bond donors (Lipinski definition) is 2. The molecule has 2 N–H and O–H groups in total. The van der Waals surface area contributed by atoms with Crippen LogP contribution in [0.3, 0.4) is 0 Å². The van der Waals surface area contributed by atoms with Crippen molar-refractivity contribution in [3.63, 3.8) is 0 Å². The second-order valence-electron chi connectivity index (χ2n) is 7.39. The van der Waals surface area contributed by atoms with E-state index in [1.807, 2.05) is 25.9 Å². The van der Waals surface area contributed by atoms with Gasteiger partial charge in [-0.3, -0.25) is 15.0 Å². The van der Waals surface area contributed by atoms with Gasteiger partial charge in [0, 0.05) is 38.8 Å². The maximum Gasteiger partial charge on any atom is 0.273 e. The van der Waals surface area contributed by atoms with E-state index in [9.17, 15) is 9.59 Å². The number of halogens is 2. The number of rotatable bonds is 8. The molecule has 2 heterocycles. The molecule has 178 valence electrons. The summed E-state index contributed by atoms with van der Waals surface area (Å²) in [6.45, 7) is 2.46. The summed E-state index contributed by atoms with van der Waals surface area (Å²) in [4.78, 5) is 33.1. The summed E-state index contributed by atoms with van der Waals surface area (Å²) in [5, 5.41) is 11.4. The highest BCUT2D eigenvalue weighted by Crippen LogP contribution is 2.36. The molecule has 1 aromatic carbocycles. The molecule has 33 heavy (non-hydrogen) atoms. The van der Waals surface area contributed by atoms with Gasteiger partial charge in [-0.1, -0.05) is 11.6 Å². The Balaban J connectivity index is 0.00000385. The lowest BCUT2D eigenvalue weighted by atomic mass is 10.1. The number of Topliss-reactive ketones (excluding diaryl/α,β-unsaturated/α-hetero) is 1. The number of nitrogens with zero attached hydrogens (tertiary/aromatic N) is 3. The highest BCUT2D eigenvalue weighted by atomic mass is 79.9. The summed E-state index contributed by atoms with van der Waals surface area (Å²) in [5.41, 5.74) is 2.30. The van der Waals surface area contributed by atoms with Crippen molar-refractivity contribution in [3.05, 3.63) is 45.7 Å². The molecule has 11 heteroatoms. The zero-order valence-electron chi connectivity index (χ0n) is 19.1. The normalized spacial score (nSPS) is 12.1. The number of benzene rings is 1. The second kappa shape index (κ2) is 10.8. The first-order valence-corrected chi connectivity index (χ1v) is 10.4. The first-order chi connectivity index (χ1) is 15.2. The van der Waals surface area contributed by atoms with Crippen LogP contribution in [0.5, 0.6) is 11.5 Å². The molecule has 9 nitrogen and oxygen atoms in total. The largest absolute Gasteiger partial charge is 0.493 e. The number of aromatic nitrogens is 1. The van der Waals surface area contributed by atoms with Crippen LogP contribution in [0.2, 0.25) is 5.02 Å². The molecular weight excluding hydrogens is 514 g/mol. The number of pyridine rings is 1. The molecular formula is C22H27BrClN5O4. The molecule has 0 unspecified atom stereocenters. The first kappa shape index (κ1) is 26.4. The van der Waals surface area contributed by atoms with Crippen LogP contribution in [0, 0.1) is 5.41 Å². The highest BCUT2D eigenvalue weighted by Gasteiger charge is 2.31. The number of amidine groups is 1. The van der Waals surface area contributed by atoms with Crippen molar-refractivity contribution in [2.75, 3.05) is 46.3 Å². The average molecular weight is 541 g/mol. The zero-order chi connectivity index (χ0) is 23.6. The zero-order valence-corrected chi connectivity index (χ0v) is 21.6. The summed E-state index contributed by atoms with van der Waals surface area (Å²) >= 11 is 6.33. The number of carbonyl (C=O) groups excluding carboxylic acids is 2. The molecule has 0 atom stereocenters. The fourth-order valence-corrected chi connectivity index (χ4v) is 3.81. The Morgan fingerprint density at radius 1 is 1.30 bits per heavy atom. The lowest BCUT2D eigenvalue weighted by Gasteiger charge is -2.20. The van der Waals surface area contributed by atoms with Gasteiger partial charge >= 0.3 is 0 Å². The molecule has 2 aromatic rings.